The van der Waals surface area contributed by atoms with Gasteiger partial charge in [0.05, 0.1) is 0 Å². The maximum absolute atomic E-state index is 13.1. The summed E-state index contributed by atoms with van der Waals surface area (Å²) in [5.41, 5.74) is 1.82. The van der Waals surface area contributed by atoms with Crippen molar-refractivity contribution in [2.24, 2.45) is 0 Å². The Hall–Kier alpha value is -2.60. The molecule has 0 bridgehead atoms. The van der Waals surface area contributed by atoms with Gasteiger partial charge >= 0.3 is 0 Å². The maximum atomic E-state index is 13.1. The number of rotatable bonds is 6. The van der Waals surface area contributed by atoms with Gasteiger partial charge < -0.3 is 14.8 Å². The highest BCUT2D eigenvalue weighted by Gasteiger charge is 2.22. The van der Waals surface area contributed by atoms with Crippen LogP contribution in [0.4, 0.5) is 4.39 Å². The van der Waals surface area contributed by atoms with Crippen molar-refractivity contribution in [3.05, 3.63) is 59.4 Å². The molecule has 1 aliphatic rings. The van der Waals surface area contributed by atoms with E-state index in [-0.39, 0.29) is 18.5 Å². The number of fused-ring (bicyclic) bond motifs is 1. The Morgan fingerprint density at radius 3 is 2.60 bits per heavy atom. The van der Waals surface area contributed by atoms with Gasteiger partial charge in [-0.25, -0.2) is 4.39 Å². The predicted molar refractivity (Wildman–Crippen MR) is 92.1 cm³/mol. The third kappa shape index (κ3) is 4.09. The molecule has 6 heteroatoms. The molecular weight excluding hydrogens is 323 g/mol. The standard InChI is InChI=1S/C19H21FN2O3/c1-22(2)18(14-4-6-15(20)7-5-14)19(23)21-10-9-13-3-8-16-17(11-13)25-12-24-16/h3-8,11,18H,9-10,12H2,1-2H3,(H,21,23)/t18-/m1/s1. The molecule has 1 N–H and O–H groups in total. The van der Waals surface area contributed by atoms with E-state index in [1.54, 1.807) is 12.1 Å². The van der Waals surface area contributed by atoms with Gasteiger partial charge in [-0.2, -0.15) is 0 Å². The van der Waals surface area contributed by atoms with Crippen molar-refractivity contribution >= 4 is 5.91 Å². The molecule has 25 heavy (non-hydrogen) atoms. The van der Waals surface area contributed by atoms with Crippen molar-refractivity contribution in [3.8, 4) is 11.5 Å². The Balaban J connectivity index is 1.59. The summed E-state index contributed by atoms with van der Waals surface area (Å²) in [6, 6.07) is 11.3. The van der Waals surface area contributed by atoms with Crippen LogP contribution in [0.2, 0.25) is 0 Å². The zero-order chi connectivity index (χ0) is 17.8. The van der Waals surface area contributed by atoms with Crippen molar-refractivity contribution in [2.75, 3.05) is 27.4 Å². The monoisotopic (exact) mass is 344 g/mol. The highest BCUT2D eigenvalue weighted by atomic mass is 19.1. The number of hydrogen-bond donors (Lipinski definition) is 1. The van der Waals surface area contributed by atoms with Crippen molar-refractivity contribution in [3.63, 3.8) is 0 Å². The number of carbonyl (C=O) groups is 1. The molecule has 2 aromatic rings. The van der Waals surface area contributed by atoms with Gasteiger partial charge in [0.1, 0.15) is 11.9 Å². The highest BCUT2D eigenvalue weighted by molar-refractivity contribution is 5.83. The van der Waals surface area contributed by atoms with E-state index in [2.05, 4.69) is 5.32 Å². The Bertz CT molecular complexity index is 747. The zero-order valence-corrected chi connectivity index (χ0v) is 14.3. The Morgan fingerprint density at radius 2 is 1.88 bits per heavy atom. The van der Waals surface area contributed by atoms with Gasteiger partial charge in [0.2, 0.25) is 12.7 Å². The lowest BCUT2D eigenvalue weighted by Gasteiger charge is -2.24. The van der Waals surface area contributed by atoms with Crippen LogP contribution in [0.5, 0.6) is 11.5 Å². The number of nitrogens with zero attached hydrogens (tertiary/aromatic N) is 1. The molecule has 1 amide bonds. The second-order valence-corrected chi connectivity index (χ2v) is 6.15. The summed E-state index contributed by atoms with van der Waals surface area (Å²) in [4.78, 5) is 14.4. The minimum atomic E-state index is -0.461. The van der Waals surface area contributed by atoms with E-state index >= 15 is 0 Å². The van der Waals surface area contributed by atoms with Crippen molar-refractivity contribution in [1.29, 1.82) is 0 Å². The van der Waals surface area contributed by atoms with Gasteiger partial charge in [0.15, 0.2) is 11.5 Å². The lowest BCUT2D eigenvalue weighted by molar-refractivity contribution is -0.125. The number of ether oxygens (including phenoxy) is 2. The largest absolute Gasteiger partial charge is 0.454 e. The number of likely N-dealkylation sites (N-methyl/N-ethyl adjacent to an activating group) is 1. The number of halogens is 1. The molecule has 5 nitrogen and oxygen atoms in total. The zero-order valence-electron chi connectivity index (χ0n) is 14.3. The first kappa shape index (κ1) is 17.2. The number of benzene rings is 2. The Kier molecular flexibility index (Phi) is 5.19. The van der Waals surface area contributed by atoms with Crippen LogP contribution in [-0.2, 0) is 11.2 Å². The molecule has 1 atom stereocenters. The summed E-state index contributed by atoms with van der Waals surface area (Å²) < 4.78 is 23.7. The lowest BCUT2D eigenvalue weighted by atomic mass is 10.0. The average molecular weight is 344 g/mol. The SMILES string of the molecule is CN(C)[C@@H](C(=O)NCCc1ccc2c(c1)OCO2)c1ccc(F)cc1. The van der Waals surface area contributed by atoms with Crippen molar-refractivity contribution in [2.45, 2.75) is 12.5 Å². The lowest BCUT2D eigenvalue weighted by Crippen LogP contribution is -2.37. The molecule has 1 aliphatic heterocycles. The summed E-state index contributed by atoms with van der Waals surface area (Å²) in [6.07, 6.45) is 0.686. The molecule has 1 heterocycles. The van der Waals surface area contributed by atoms with Crippen LogP contribution in [0.3, 0.4) is 0 Å². The third-order valence-corrected chi connectivity index (χ3v) is 4.10. The van der Waals surface area contributed by atoms with Crippen LogP contribution in [0.25, 0.3) is 0 Å². The molecule has 0 fully saturated rings. The summed E-state index contributed by atoms with van der Waals surface area (Å²) in [5, 5.41) is 2.95. The summed E-state index contributed by atoms with van der Waals surface area (Å²) in [5.74, 6) is 1.06. The first-order valence-electron chi connectivity index (χ1n) is 8.13. The molecule has 3 rings (SSSR count). The molecular formula is C19H21FN2O3. The van der Waals surface area contributed by atoms with E-state index in [0.717, 1.165) is 22.6 Å². The van der Waals surface area contributed by atoms with Crippen molar-refractivity contribution < 1.29 is 18.7 Å². The molecule has 0 unspecified atom stereocenters. The quantitative estimate of drug-likeness (QED) is 0.875. The second kappa shape index (κ2) is 7.53. The molecule has 0 aliphatic carbocycles. The van der Waals surface area contributed by atoms with Crippen LogP contribution in [0.15, 0.2) is 42.5 Å². The molecule has 0 saturated heterocycles. The van der Waals surface area contributed by atoms with Crippen LogP contribution in [0.1, 0.15) is 17.2 Å². The van der Waals surface area contributed by atoms with E-state index in [0.29, 0.717) is 13.0 Å². The average Bonchev–Trinajstić information content (AvgIpc) is 3.04. The predicted octanol–water partition coefficient (Wildman–Crippen LogP) is 2.52. The first-order valence-corrected chi connectivity index (χ1v) is 8.13. The minimum absolute atomic E-state index is 0.114. The van der Waals surface area contributed by atoms with E-state index in [1.165, 1.54) is 12.1 Å². The normalized spacial score (nSPS) is 13.8. The van der Waals surface area contributed by atoms with Gasteiger partial charge in [-0.1, -0.05) is 18.2 Å². The Morgan fingerprint density at radius 1 is 1.16 bits per heavy atom. The van der Waals surface area contributed by atoms with Gasteiger partial charge in [-0.3, -0.25) is 9.69 Å². The fourth-order valence-corrected chi connectivity index (χ4v) is 2.85. The molecule has 0 aromatic heterocycles. The van der Waals surface area contributed by atoms with Gasteiger partial charge in [0.25, 0.3) is 0 Å². The fourth-order valence-electron chi connectivity index (χ4n) is 2.85. The minimum Gasteiger partial charge on any atom is -0.454 e. The number of nitrogens with one attached hydrogen (secondary N) is 1. The molecule has 0 spiro atoms. The highest BCUT2D eigenvalue weighted by Crippen LogP contribution is 2.32. The second-order valence-electron chi connectivity index (χ2n) is 6.15. The van der Waals surface area contributed by atoms with E-state index in [1.807, 2.05) is 37.2 Å². The smallest absolute Gasteiger partial charge is 0.241 e. The van der Waals surface area contributed by atoms with Gasteiger partial charge in [0, 0.05) is 6.54 Å². The van der Waals surface area contributed by atoms with Gasteiger partial charge in [-0.05, 0) is 55.9 Å². The van der Waals surface area contributed by atoms with Crippen LogP contribution in [0, 0.1) is 5.82 Å². The van der Waals surface area contributed by atoms with Crippen molar-refractivity contribution in [1.82, 2.24) is 10.2 Å². The van der Waals surface area contributed by atoms with Crippen LogP contribution in [-0.4, -0.2) is 38.2 Å². The molecule has 2 aromatic carbocycles. The van der Waals surface area contributed by atoms with E-state index in [4.69, 9.17) is 9.47 Å². The summed E-state index contributed by atoms with van der Waals surface area (Å²) >= 11 is 0. The summed E-state index contributed by atoms with van der Waals surface area (Å²) in [6.45, 7) is 0.752. The number of carbonyl (C=O) groups excluding carboxylic acids is 1. The summed E-state index contributed by atoms with van der Waals surface area (Å²) in [7, 11) is 3.65. The maximum Gasteiger partial charge on any atom is 0.241 e. The fraction of sp³-hybridized carbons (Fsp3) is 0.316. The van der Waals surface area contributed by atoms with Gasteiger partial charge in [-0.15, -0.1) is 0 Å². The molecule has 0 radical (unpaired) electrons. The van der Waals surface area contributed by atoms with Crippen LogP contribution >= 0.6 is 0 Å². The molecule has 0 saturated carbocycles. The third-order valence-electron chi connectivity index (χ3n) is 4.10. The van der Waals surface area contributed by atoms with E-state index in [9.17, 15) is 9.18 Å². The van der Waals surface area contributed by atoms with E-state index < -0.39 is 6.04 Å². The number of amides is 1. The first-order chi connectivity index (χ1) is 12.0. The van der Waals surface area contributed by atoms with Crippen LogP contribution < -0.4 is 14.8 Å². The molecule has 132 valence electrons. The Labute approximate surface area is 146 Å². The topological polar surface area (TPSA) is 50.8 Å². The number of hydrogen-bond acceptors (Lipinski definition) is 4.